The molecule has 0 spiro atoms. The Morgan fingerprint density at radius 3 is 2.45 bits per heavy atom. The van der Waals surface area contributed by atoms with Crippen molar-refractivity contribution in [2.45, 2.75) is 19.8 Å². The molecule has 0 bridgehead atoms. The molecule has 3 rings (SSSR count). The highest BCUT2D eigenvalue weighted by atomic mass is 16.5. The highest BCUT2D eigenvalue weighted by Gasteiger charge is 2.13. The minimum Gasteiger partial charge on any atom is -0.497 e. The molecule has 0 aliphatic heterocycles. The van der Waals surface area contributed by atoms with E-state index in [1.807, 2.05) is 37.3 Å². The highest BCUT2D eigenvalue weighted by molar-refractivity contribution is 5.92. The van der Waals surface area contributed by atoms with E-state index in [1.165, 1.54) is 0 Å². The zero-order valence-corrected chi connectivity index (χ0v) is 17.5. The third-order valence-electron chi connectivity index (χ3n) is 4.32. The minimum absolute atomic E-state index is 0.157. The van der Waals surface area contributed by atoms with Gasteiger partial charge in [0.1, 0.15) is 17.3 Å². The Kier molecular flexibility index (Phi) is 7.64. The summed E-state index contributed by atoms with van der Waals surface area (Å²) < 4.78 is 17.3. The number of rotatable bonds is 10. The van der Waals surface area contributed by atoms with Gasteiger partial charge in [0.2, 0.25) is 0 Å². The van der Waals surface area contributed by atoms with Crippen molar-refractivity contribution < 1.29 is 23.8 Å². The summed E-state index contributed by atoms with van der Waals surface area (Å²) in [5, 5.41) is 7.12. The highest BCUT2D eigenvalue weighted by Crippen LogP contribution is 2.18. The van der Waals surface area contributed by atoms with Gasteiger partial charge in [0.15, 0.2) is 6.61 Å². The number of esters is 1. The second-order valence-corrected chi connectivity index (χ2v) is 6.75. The lowest BCUT2D eigenvalue weighted by molar-refractivity contribution is -0.147. The summed E-state index contributed by atoms with van der Waals surface area (Å²) in [4.78, 5) is 24.1. The number of aromatic nitrogens is 2. The lowest BCUT2D eigenvalue weighted by Crippen LogP contribution is -2.22. The number of benzene rings is 2. The third-order valence-corrected chi connectivity index (χ3v) is 4.32. The van der Waals surface area contributed by atoms with E-state index in [0.717, 1.165) is 17.1 Å². The quantitative estimate of drug-likeness (QED) is 0.396. The van der Waals surface area contributed by atoms with Gasteiger partial charge >= 0.3 is 5.97 Å². The number of methoxy groups -OCH3 is 1. The molecule has 0 unspecified atom stereocenters. The first-order chi connectivity index (χ1) is 15.0. The first-order valence-corrected chi connectivity index (χ1v) is 9.89. The van der Waals surface area contributed by atoms with E-state index in [4.69, 9.17) is 14.2 Å². The molecule has 0 fully saturated rings. The summed E-state index contributed by atoms with van der Waals surface area (Å²) >= 11 is 0. The molecule has 0 radical (unpaired) electrons. The van der Waals surface area contributed by atoms with Gasteiger partial charge in [0.05, 0.1) is 25.1 Å². The Bertz CT molecular complexity index is 1000. The van der Waals surface area contributed by atoms with Gasteiger partial charge in [-0.05, 0) is 49.7 Å². The molecular weight excluding hydrogens is 398 g/mol. The van der Waals surface area contributed by atoms with Crippen LogP contribution >= 0.6 is 0 Å². The van der Waals surface area contributed by atoms with Crippen molar-refractivity contribution >= 4 is 17.7 Å². The number of hydrogen-bond donors (Lipinski definition) is 1. The monoisotopic (exact) mass is 423 g/mol. The number of amides is 1. The standard InChI is InChI=1S/C23H25N3O5/c1-17-15-21(26(25-17)18-7-4-3-5-8-18)24-22(27)16-31-23(28)9-6-14-30-20-12-10-19(29-2)11-13-20/h3-5,7-8,10-13,15H,6,9,14,16H2,1-2H3,(H,24,27). The van der Waals surface area contributed by atoms with E-state index < -0.39 is 11.9 Å². The molecule has 0 saturated carbocycles. The lowest BCUT2D eigenvalue weighted by Gasteiger charge is -2.09. The van der Waals surface area contributed by atoms with Crippen molar-refractivity contribution in [1.29, 1.82) is 0 Å². The van der Waals surface area contributed by atoms with Gasteiger partial charge in [0, 0.05) is 12.5 Å². The van der Waals surface area contributed by atoms with Crippen LogP contribution in [0.2, 0.25) is 0 Å². The molecule has 31 heavy (non-hydrogen) atoms. The number of carbonyl (C=O) groups excluding carboxylic acids is 2. The van der Waals surface area contributed by atoms with Crippen LogP contribution < -0.4 is 14.8 Å². The Balaban J connectivity index is 1.39. The molecule has 0 saturated heterocycles. The molecule has 1 N–H and O–H groups in total. The van der Waals surface area contributed by atoms with Crippen molar-refractivity contribution in [2.75, 3.05) is 25.6 Å². The average molecular weight is 423 g/mol. The predicted molar refractivity (Wildman–Crippen MR) is 116 cm³/mol. The van der Waals surface area contributed by atoms with Crippen LogP contribution in [0.1, 0.15) is 18.5 Å². The zero-order valence-electron chi connectivity index (χ0n) is 17.5. The fourth-order valence-corrected chi connectivity index (χ4v) is 2.83. The van der Waals surface area contributed by atoms with Gasteiger partial charge in [-0.3, -0.25) is 9.59 Å². The number of aryl methyl sites for hydroxylation is 1. The first kappa shape index (κ1) is 21.9. The summed E-state index contributed by atoms with van der Waals surface area (Å²) in [7, 11) is 1.60. The van der Waals surface area contributed by atoms with E-state index in [2.05, 4.69) is 10.4 Å². The van der Waals surface area contributed by atoms with Gasteiger partial charge in [-0.1, -0.05) is 18.2 Å². The number of nitrogens with one attached hydrogen (secondary N) is 1. The fourth-order valence-electron chi connectivity index (χ4n) is 2.83. The molecular formula is C23H25N3O5. The second-order valence-electron chi connectivity index (χ2n) is 6.75. The number of ether oxygens (including phenoxy) is 3. The fraction of sp³-hybridized carbons (Fsp3) is 0.261. The molecule has 1 heterocycles. The van der Waals surface area contributed by atoms with Gasteiger partial charge in [-0.15, -0.1) is 0 Å². The Morgan fingerprint density at radius 2 is 1.74 bits per heavy atom. The van der Waals surface area contributed by atoms with Gasteiger partial charge in [0.25, 0.3) is 5.91 Å². The number of carbonyl (C=O) groups is 2. The van der Waals surface area contributed by atoms with Crippen molar-refractivity contribution in [3.8, 4) is 17.2 Å². The number of hydrogen-bond acceptors (Lipinski definition) is 6. The summed E-state index contributed by atoms with van der Waals surface area (Å²) in [6, 6.07) is 18.4. The normalized spacial score (nSPS) is 10.4. The molecule has 0 atom stereocenters. The lowest BCUT2D eigenvalue weighted by atomic mass is 10.3. The SMILES string of the molecule is COc1ccc(OCCCC(=O)OCC(=O)Nc2cc(C)nn2-c2ccccc2)cc1. The summed E-state index contributed by atoms with van der Waals surface area (Å²) in [5.74, 6) is 1.06. The van der Waals surface area contributed by atoms with Gasteiger partial charge < -0.3 is 19.5 Å². The van der Waals surface area contributed by atoms with Crippen molar-refractivity contribution in [3.63, 3.8) is 0 Å². The molecule has 1 aromatic heterocycles. The van der Waals surface area contributed by atoms with Crippen molar-refractivity contribution in [1.82, 2.24) is 9.78 Å². The molecule has 1 amide bonds. The molecule has 2 aromatic carbocycles. The largest absolute Gasteiger partial charge is 0.497 e. The summed E-state index contributed by atoms with van der Waals surface area (Å²) in [5.41, 5.74) is 1.58. The third kappa shape index (κ3) is 6.60. The average Bonchev–Trinajstić information content (AvgIpc) is 3.16. The Labute approximate surface area is 180 Å². The predicted octanol–water partition coefficient (Wildman–Crippen LogP) is 3.53. The maximum atomic E-state index is 12.2. The van der Waals surface area contributed by atoms with E-state index in [-0.39, 0.29) is 13.0 Å². The van der Waals surface area contributed by atoms with E-state index >= 15 is 0 Å². The van der Waals surface area contributed by atoms with Crippen LogP contribution in [-0.2, 0) is 14.3 Å². The molecule has 8 heteroatoms. The molecule has 0 aliphatic carbocycles. The van der Waals surface area contributed by atoms with E-state index in [1.54, 1.807) is 42.1 Å². The topological polar surface area (TPSA) is 91.7 Å². The van der Waals surface area contributed by atoms with E-state index in [9.17, 15) is 9.59 Å². The summed E-state index contributed by atoms with van der Waals surface area (Å²) in [6.45, 7) is 1.84. The van der Waals surface area contributed by atoms with Crippen LogP contribution in [0.15, 0.2) is 60.7 Å². The van der Waals surface area contributed by atoms with Crippen molar-refractivity contribution in [3.05, 3.63) is 66.4 Å². The number of anilines is 1. The van der Waals surface area contributed by atoms with E-state index in [0.29, 0.717) is 24.6 Å². The smallest absolute Gasteiger partial charge is 0.306 e. The van der Waals surface area contributed by atoms with Crippen molar-refractivity contribution in [2.24, 2.45) is 0 Å². The van der Waals surface area contributed by atoms with Crippen LogP contribution in [0.25, 0.3) is 5.69 Å². The number of nitrogens with zero attached hydrogens (tertiary/aromatic N) is 2. The maximum absolute atomic E-state index is 12.2. The van der Waals surface area contributed by atoms with Crippen LogP contribution in [0.3, 0.4) is 0 Å². The van der Waals surface area contributed by atoms with Gasteiger partial charge in [-0.25, -0.2) is 4.68 Å². The second kappa shape index (κ2) is 10.8. The molecule has 3 aromatic rings. The van der Waals surface area contributed by atoms with Crippen LogP contribution in [-0.4, -0.2) is 42.0 Å². The van der Waals surface area contributed by atoms with Crippen LogP contribution in [0.4, 0.5) is 5.82 Å². The van der Waals surface area contributed by atoms with Crippen LogP contribution in [0, 0.1) is 6.92 Å². The minimum atomic E-state index is -0.457. The first-order valence-electron chi connectivity index (χ1n) is 9.89. The number of para-hydroxylation sites is 1. The Morgan fingerprint density at radius 1 is 1.03 bits per heavy atom. The van der Waals surface area contributed by atoms with Gasteiger partial charge in [-0.2, -0.15) is 5.10 Å². The maximum Gasteiger partial charge on any atom is 0.306 e. The molecule has 8 nitrogen and oxygen atoms in total. The van der Waals surface area contributed by atoms with Crippen LogP contribution in [0.5, 0.6) is 11.5 Å². The summed E-state index contributed by atoms with van der Waals surface area (Å²) in [6.07, 6.45) is 0.636. The molecule has 162 valence electrons. The Hall–Kier alpha value is -3.81. The molecule has 0 aliphatic rings. The zero-order chi connectivity index (χ0) is 22.1.